The fourth-order valence-corrected chi connectivity index (χ4v) is 4.36. The molecule has 3 aromatic heterocycles. The zero-order valence-corrected chi connectivity index (χ0v) is 15.6. The van der Waals surface area contributed by atoms with E-state index < -0.39 is 11.8 Å². The quantitative estimate of drug-likeness (QED) is 0.496. The van der Waals surface area contributed by atoms with E-state index >= 15 is 0 Å². The maximum Gasteiger partial charge on any atom is 0.262 e. The first-order chi connectivity index (χ1) is 14.6. The molecule has 0 bridgehead atoms. The zero-order chi connectivity index (χ0) is 20.4. The minimum absolute atomic E-state index is 0.138. The molecule has 6 rings (SSSR count). The number of imide groups is 1. The summed E-state index contributed by atoms with van der Waals surface area (Å²) in [5.74, 6) is -1.18. The molecule has 9 heteroatoms. The van der Waals surface area contributed by atoms with Crippen LogP contribution in [0.1, 0.15) is 17.0 Å². The number of carbonyl (C=O) groups excluding carboxylic acids is 2. The van der Waals surface area contributed by atoms with Gasteiger partial charge in [0.15, 0.2) is 11.5 Å². The molecule has 0 atom stereocenters. The average molecular weight is 402 g/mol. The molecule has 8 nitrogen and oxygen atoms in total. The van der Waals surface area contributed by atoms with Gasteiger partial charge in [-0.15, -0.1) is 10.2 Å². The average Bonchev–Trinajstić information content (AvgIpc) is 3.33. The highest BCUT2D eigenvalue weighted by Gasteiger charge is 2.36. The highest BCUT2D eigenvalue weighted by molar-refractivity contribution is 6.49. The van der Waals surface area contributed by atoms with Crippen LogP contribution in [0.5, 0.6) is 0 Å². The van der Waals surface area contributed by atoms with Gasteiger partial charge in [0.2, 0.25) is 0 Å². The van der Waals surface area contributed by atoms with Crippen molar-refractivity contribution >= 4 is 39.5 Å². The fraction of sp³-hybridized carbons (Fsp3) is 0.143. The third-order valence-electron chi connectivity index (χ3n) is 5.60. The van der Waals surface area contributed by atoms with E-state index in [0.717, 1.165) is 11.1 Å². The zero-order valence-electron chi connectivity index (χ0n) is 15.6. The number of rotatable bonds is 2. The van der Waals surface area contributed by atoms with Crippen LogP contribution >= 0.6 is 0 Å². The van der Waals surface area contributed by atoms with E-state index in [1.807, 2.05) is 16.8 Å². The fourth-order valence-electron chi connectivity index (χ4n) is 4.36. The van der Waals surface area contributed by atoms with Gasteiger partial charge in [-0.2, -0.15) is 0 Å². The van der Waals surface area contributed by atoms with Crippen molar-refractivity contribution < 1.29 is 14.0 Å². The Bertz CT molecular complexity index is 1430. The van der Waals surface area contributed by atoms with E-state index in [0.29, 0.717) is 36.2 Å². The molecule has 1 aromatic carbocycles. The third kappa shape index (κ3) is 2.29. The molecule has 2 N–H and O–H groups in total. The molecule has 0 spiro atoms. The maximum absolute atomic E-state index is 14.4. The summed E-state index contributed by atoms with van der Waals surface area (Å²) in [6.45, 7) is 1.91. The van der Waals surface area contributed by atoms with Gasteiger partial charge in [-0.1, -0.05) is 6.07 Å². The van der Waals surface area contributed by atoms with Crippen LogP contribution in [0.3, 0.4) is 0 Å². The van der Waals surface area contributed by atoms with Crippen LogP contribution in [0.15, 0.2) is 42.7 Å². The molecule has 148 valence electrons. The molecule has 0 unspecified atom stereocenters. The Balaban J connectivity index is 1.69. The monoisotopic (exact) mass is 402 g/mol. The summed E-state index contributed by atoms with van der Waals surface area (Å²) >= 11 is 0. The number of fused-ring (bicyclic) bond motifs is 1. The molecular weight excluding hydrogens is 387 g/mol. The lowest BCUT2D eigenvalue weighted by Gasteiger charge is -2.05. The number of hydrogen-bond acceptors (Lipinski definition) is 5. The van der Waals surface area contributed by atoms with E-state index in [1.54, 1.807) is 22.7 Å². The van der Waals surface area contributed by atoms with Gasteiger partial charge < -0.3 is 9.88 Å². The molecule has 2 amide bonds. The van der Waals surface area contributed by atoms with Crippen LogP contribution in [0.2, 0.25) is 0 Å². The normalized spacial score (nSPS) is 16.6. The Morgan fingerprint density at radius 1 is 1.07 bits per heavy atom. The molecule has 5 heterocycles. The number of halogens is 1. The van der Waals surface area contributed by atoms with Crippen LogP contribution in [0.4, 0.5) is 4.39 Å². The minimum atomic E-state index is -0.542. The van der Waals surface area contributed by atoms with Crippen molar-refractivity contribution in [2.45, 2.75) is 13.1 Å². The lowest BCUT2D eigenvalue weighted by Crippen LogP contribution is -2.23. The van der Waals surface area contributed by atoms with Gasteiger partial charge in [0.1, 0.15) is 5.82 Å². The van der Waals surface area contributed by atoms with E-state index in [-0.39, 0.29) is 22.8 Å². The Morgan fingerprint density at radius 3 is 2.83 bits per heavy atom. The van der Waals surface area contributed by atoms with Crippen LogP contribution in [-0.2, 0) is 22.7 Å². The SMILES string of the molecule is O=C1NC(=O)C(c2nnc3ccccn23)=C1c1cn2c3c(cc(F)cc13)CNCC2. The van der Waals surface area contributed by atoms with Gasteiger partial charge in [0.05, 0.1) is 16.7 Å². The minimum Gasteiger partial charge on any atom is -0.345 e. The number of carbonyl (C=O) groups is 2. The number of nitrogens with one attached hydrogen (secondary N) is 2. The van der Waals surface area contributed by atoms with Gasteiger partial charge in [0.25, 0.3) is 11.8 Å². The van der Waals surface area contributed by atoms with E-state index in [2.05, 4.69) is 20.8 Å². The molecule has 4 aromatic rings. The highest BCUT2D eigenvalue weighted by atomic mass is 19.1. The van der Waals surface area contributed by atoms with Crippen molar-refractivity contribution in [1.82, 2.24) is 29.8 Å². The number of aromatic nitrogens is 4. The lowest BCUT2D eigenvalue weighted by molar-refractivity contribution is -0.122. The Kier molecular flexibility index (Phi) is 3.45. The molecule has 0 saturated heterocycles. The number of hydrogen-bond donors (Lipinski definition) is 2. The van der Waals surface area contributed by atoms with E-state index in [1.165, 1.54) is 12.1 Å². The standard InChI is InChI=1S/C21H15FN6O2/c22-12-7-11-9-23-4-6-27-10-14(13(8-12)18(11)27)16-17(21(30)24-20(16)29)19-26-25-15-3-1-2-5-28(15)19/h1-3,5,7-8,10,23H,4,6,9H2,(H,24,29,30). The molecule has 30 heavy (non-hydrogen) atoms. The van der Waals surface area contributed by atoms with E-state index in [4.69, 9.17) is 0 Å². The second-order valence-corrected chi connectivity index (χ2v) is 7.36. The number of amides is 2. The summed E-state index contributed by atoms with van der Waals surface area (Å²) in [5.41, 5.74) is 3.07. The topological polar surface area (TPSA) is 93.3 Å². The molecular formula is C21H15FN6O2. The molecule has 2 aliphatic rings. The number of benzene rings is 1. The summed E-state index contributed by atoms with van der Waals surface area (Å²) in [4.78, 5) is 25.6. The molecule has 2 aliphatic heterocycles. The van der Waals surface area contributed by atoms with Crippen LogP contribution in [0.25, 0.3) is 27.7 Å². The summed E-state index contributed by atoms with van der Waals surface area (Å²) in [7, 11) is 0. The Labute approximate surface area is 169 Å². The van der Waals surface area contributed by atoms with Crippen LogP contribution < -0.4 is 10.6 Å². The molecule has 0 radical (unpaired) electrons. The van der Waals surface area contributed by atoms with Gasteiger partial charge in [0, 0.05) is 43.0 Å². The van der Waals surface area contributed by atoms with Crippen LogP contribution in [-0.4, -0.2) is 37.5 Å². The predicted octanol–water partition coefficient (Wildman–Crippen LogP) is 1.49. The molecule has 0 fully saturated rings. The first kappa shape index (κ1) is 17.0. The Morgan fingerprint density at radius 2 is 1.93 bits per heavy atom. The van der Waals surface area contributed by atoms with Crippen molar-refractivity contribution in [3.8, 4) is 0 Å². The van der Waals surface area contributed by atoms with Crippen molar-refractivity contribution in [2.24, 2.45) is 0 Å². The van der Waals surface area contributed by atoms with Gasteiger partial charge in [-0.25, -0.2) is 4.39 Å². The summed E-state index contributed by atoms with van der Waals surface area (Å²) in [6.07, 6.45) is 3.55. The second-order valence-electron chi connectivity index (χ2n) is 7.36. The maximum atomic E-state index is 14.4. The van der Waals surface area contributed by atoms with Gasteiger partial charge in [-0.3, -0.25) is 19.3 Å². The highest BCUT2D eigenvalue weighted by Crippen LogP contribution is 2.37. The van der Waals surface area contributed by atoms with Crippen LogP contribution in [0, 0.1) is 5.82 Å². The van der Waals surface area contributed by atoms with Crippen molar-refractivity contribution in [3.63, 3.8) is 0 Å². The Hall–Kier alpha value is -3.85. The summed E-state index contributed by atoms with van der Waals surface area (Å²) in [6, 6.07) is 8.29. The van der Waals surface area contributed by atoms with E-state index in [9.17, 15) is 14.0 Å². The predicted molar refractivity (Wildman–Crippen MR) is 107 cm³/mol. The second kappa shape index (κ2) is 6.07. The number of pyridine rings is 1. The first-order valence-electron chi connectivity index (χ1n) is 9.54. The summed E-state index contributed by atoms with van der Waals surface area (Å²) < 4.78 is 18.1. The smallest absolute Gasteiger partial charge is 0.262 e. The number of nitrogens with zero attached hydrogens (tertiary/aromatic N) is 4. The van der Waals surface area contributed by atoms with Crippen molar-refractivity contribution in [1.29, 1.82) is 0 Å². The summed E-state index contributed by atoms with van der Waals surface area (Å²) in [5, 5.41) is 14.5. The first-order valence-corrected chi connectivity index (χ1v) is 9.54. The van der Waals surface area contributed by atoms with Crippen molar-refractivity contribution in [3.05, 3.63) is 65.5 Å². The largest absolute Gasteiger partial charge is 0.345 e. The molecule has 0 aliphatic carbocycles. The third-order valence-corrected chi connectivity index (χ3v) is 5.60. The van der Waals surface area contributed by atoms with Gasteiger partial charge in [-0.05, 0) is 29.8 Å². The van der Waals surface area contributed by atoms with Gasteiger partial charge >= 0.3 is 0 Å². The van der Waals surface area contributed by atoms with Crippen molar-refractivity contribution in [2.75, 3.05) is 6.54 Å². The molecule has 0 saturated carbocycles. The lowest BCUT2D eigenvalue weighted by atomic mass is 9.99.